The van der Waals surface area contributed by atoms with Crippen molar-refractivity contribution < 1.29 is 0 Å². The molecule has 0 aliphatic heterocycles. The van der Waals surface area contributed by atoms with Gasteiger partial charge < -0.3 is 4.57 Å². The van der Waals surface area contributed by atoms with Crippen LogP contribution in [0.15, 0.2) is 49.1 Å². The maximum atomic E-state index is 4.42. The van der Waals surface area contributed by atoms with Gasteiger partial charge in [0.25, 0.3) is 0 Å². The molecule has 2 heteroatoms. The summed E-state index contributed by atoms with van der Waals surface area (Å²) < 4.78 is 2.43. The first-order valence-electron chi connectivity index (χ1n) is 15.9. The van der Waals surface area contributed by atoms with Crippen LogP contribution in [0, 0.1) is 5.92 Å². The summed E-state index contributed by atoms with van der Waals surface area (Å²) >= 11 is 0. The van der Waals surface area contributed by atoms with Crippen LogP contribution >= 0.6 is 0 Å². The fraction of sp³-hybridized carbons (Fsp3) is 0.735. The van der Waals surface area contributed by atoms with Gasteiger partial charge in [0.1, 0.15) is 0 Å². The van der Waals surface area contributed by atoms with Gasteiger partial charge in [-0.1, -0.05) is 160 Å². The minimum Gasteiger partial charge on any atom is -0.334 e. The van der Waals surface area contributed by atoms with Crippen LogP contribution in [-0.4, -0.2) is 9.55 Å². The first kappa shape index (κ1) is 30.7. The van der Waals surface area contributed by atoms with Crippen molar-refractivity contribution in [3.63, 3.8) is 0 Å². The monoisotopic (exact) mass is 494 g/mol. The number of unbranched alkanes of at least 4 members (excludes halogenated alkanes) is 16. The van der Waals surface area contributed by atoms with Gasteiger partial charge in [-0.25, -0.2) is 4.98 Å². The molecule has 0 radical (unpaired) electrons. The molecule has 1 aromatic heterocycles. The van der Waals surface area contributed by atoms with Crippen LogP contribution in [-0.2, 0) is 6.42 Å². The zero-order chi connectivity index (χ0) is 25.5. The van der Waals surface area contributed by atoms with Crippen molar-refractivity contribution in [3.8, 4) is 0 Å². The van der Waals surface area contributed by atoms with Crippen LogP contribution < -0.4 is 0 Å². The lowest BCUT2D eigenvalue weighted by atomic mass is 9.84. The van der Waals surface area contributed by atoms with Gasteiger partial charge in [-0.05, 0) is 30.7 Å². The van der Waals surface area contributed by atoms with Gasteiger partial charge in [-0.2, -0.15) is 0 Å². The zero-order valence-electron chi connectivity index (χ0n) is 24.0. The number of aromatic nitrogens is 2. The van der Waals surface area contributed by atoms with Gasteiger partial charge in [0.2, 0.25) is 0 Å². The third kappa shape index (κ3) is 14.2. The van der Waals surface area contributed by atoms with Crippen LogP contribution in [0.2, 0.25) is 0 Å². The molecule has 0 saturated carbocycles. The Bertz CT molecular complexity index is 693. The average molecular weight is 495 g/mol. The van der Waals surface area contributed by atoms with Crippen molar-refractivity contribution in [2.24, 2.45) is 5.92 Å². The molecule has 0 fully saturated rings. The molecule has 0 aliphatic carbocycles. The first-order valence-corrected chi connectivity index (χ1v) is 15.9. The summed E-state index contributed by atoms with van der Waals surface area (Å²) in [4.78, 5) is 4.42. The molecule has 0 bridgehead atoms. The molecule has 204 valence electrons. The summed E-state index contributed by atoms with van der Waals surface area (Å²) in [6, 6.07) is 11.7. The van der Waals surface area contributed by atoms with Gasteiger partial charge in [-0.15, -0.1) is 0 Å². The topological polar surface area (TPSA) is 17.8 Å². The standard InChI is InChI=1S/C34H58N2/c1-3-5-7-9-10-11-12-13-14-15-16-17-18-23-27-34(36-29-28-35-31-36)33(26-22-8-6-4-2)30-32-24-20-19-21-25-32/h19-21,24-25,28-29,31,33-34H,3-18,22-23,26-27,30H2,1-2H3. The molecule has 1 heterocycles. The summed E-state index contributed by atoms with van der Waals surface area (Å²) in [5.41, 5.74) is 1.49. The molecule has 36 heavy (non-hydrogen) atoms. The molecule has 1 aromatic carbocycles. The van der Waals surface area contributed by atoms with Crippen LogP contribution in [0.4, 0.5) is 0 Å². The second kappa shape index (κ2) is 21.5. The average Bonchev–Trinajstić information content (AvgIpc) is 3.44. The Hall–Kier alpha value is -1.57. The third-order valence-corrected chi connectivity index (χ3v) is 8.07. The Balaban J connectivity index is 1.70. The van der Waals surface area contributed by atoms with Gasteiger partial charge in [0, 0.05) is 18.4 Å². The lowest BCUT2D eigenvalue weighted by Gasteiger charge is -2.29. The van der Waals surface area contributed by atoms with E-state index >= 15 is 0 Å². The van der Waals surface area contributed by atoms with E-state index < -0.39 is 0 Å². The van der Waals surface area contributed by atoms with Gasteiger partial charge >= 0.3 is 0 Å². The summed E-state index contributed by atoms with van der Waals surface area (Å²) in [7, 11) is 0. The normalized spacial score (nSPS) is 13.2. The minimum atomic E-state index is 0.576. The SMILES string of the molecule is CCCCCCCCCCCCCCCCC(C(CCCCCC)Cc1ccccc1)n1ccnc1. The van der Waals surface area contributed by atoms with E-state index in [4.69, 9.17) is 0 Å². The van der Waals surface area contributed by atoms with Gasteiger partial charge in [0.15, 0.2) is 0 Å². The predicted octanol–water partition coefficient (Wildman–Crippen LogP) is 11.1. The highest BCUT2D eigenvalue weighted by molar-refractivity contribution is 5.15. The largest absolute Gasteiger partial charge is 0.334 e. The van der Waals surface area contributed by atoms with Crippen LogP contribution in [0.1, 0.15) is 154 Å². The maximum Gasteiger partial charge on any atom is 0.0948 e. The van der Waals surface area contributed by atoms with E-state index in [1.165, 1.54) is 140 Å². The Morgan fingerprint density at radius 1 is 0.611 bits per heavy atom. The predicted molar refractivity (Wildman–Crippen MR) is 159 cm³/mol. The molecule has 0 saturated heterocycles. The van der Waals surface area contributed by atoms with Crippen molar-refractivity contribution in [1.82, 2.24) is 9.55 Å². The molecular formula is C34H58N2. The minimum absolute atomic E-state index is 0.576. The Kier molecular flexibility index (Phi) is 18.3. The van der Waals surface area contributed by atoms with E-state index in [0.29, 0.717) is 12.0 Å². The summed E-state index contributed by atoms with van der Waals surface area (Å²) in [5.74, 6) is 0.695. The summed E-state index contributed by atoms with van der Waals surface area (Å²) in [6.07, 6.45) is 35.4. The molecular weight excluding hydrogens is 436 g/mol. The van der Waals surface area contributed by atoms with Crippen molar-refractivity contribution >= 4 is 0 Å². The molecule has 2 unspecified atom stereocenters. The van der Waals surface area contributed by atoms with Gasteiger partial charge in [-0.3, -0.25) is 0 Å². The number of nitrogens with zero attached hydrogens (tertiary/aromatic N) is 2. The fourth-order valence-electron chi connectivity index (χ4n) is 5.82. The maximum absolute atomic E-state index is 4.42. The molecule has 0 N–H and O–H groups in total. The summed E-state index contributed by atoms with van der Waals surface area (Å²) in [6.45, 7) is 4.61. The van der Waals surface area contributed by atoms with Crippen LogP contribution in [0.25, 0.3) is 0 Å². The van der Waals surface area contributed by atoms with Gasteiger partial charge in [0.05, 0.1) is 6.33 Å². The van der Waals surface area contributed by atoms with E-state index in [2.05, 4.69) is 66.3 Å². The Morgan fingerprint density at radius 2 is 1.11 bits per heavy atom. The molecule has 2 nitrogen and oxygen atoms in total. The van der Waals surface area contributed by atoms with Crippen molar-refractivity contribution in [1.29, 1.82) is 0 Å². The Labute approximate surface area is 224 Å². The van der Waals surface area contributed by atoms with E-state index in [0.717, 1.165) is 0 Å². The molecule has 2 rings (SSSR count). The number of rotatable bonds is 24. The lowest BCUT2D eigenvalue weighted by Crippen LogP contribution is -2.21. The number of hydrogen-bond donors (Lipinski definition) is 0. The van der Waals surface area contributed by atoms with E-state index in [1.807, 2.05) is 6.20 Å². The zero-order valence-corrected chi connectivity index (χ0v) is 24.0. The molecule has 0 aliphatic rings. The molecule has 2 atom stereocenters. The van der Waals surface area contributed by atoms with Crippen LogP contribution in [0.5, 0.6) is 0 Å². The highest BCUT2D eigenvalue weighted by atomic mass is 15.1. The number of hydrogen-bond acceptors (Lipinski definition) is 1. The third-order valence-electron chi connectivity index (χ3n) is 8.07. The lowest BCUT2D eigenvalue weighted by molar-refractivity contribution is 0.275. The summed E-state index contributed by atoms with van der Waals surface area (Å²) in [5, 5.41) is 0. The number of imidazole rings is 1. The quantitative estimate of drug-likeness (QED) is 0.133. The van der Waals surface area contributed by atoms with Crippen molar-refractivity contribution in [2.75, 3.05) is 0 Å². The Morgan fingerprint density at radius 3 is 1.64 bits per heavy atom. The molecule has 0 spiro atoms. The first-order chi connectivity index (χ1) is 17.8. The smallest absolute Gasteiger partial charge is 0.0948 e. The highest BCUT2D eigenvalue weighted by Gasteiger charge is 2.23. The van der Waals surface area contributed by atoms with Crippen LogP contribution in [0.3, 0.4) is 0 Å². The van der Waals surface area contributed by atoms with Crippen molar-refractivity contribution in [3.05, 3.63) is 54.6 Å². The van der Waals surface area contributed by atoms with E-state index in [1.54, 1.807) is 0 Å². The highest BCUT2D eigenvalue weighted by Crippen LogP contribution is 2.32. The van der Waals surface area contributed by atoms with E-state index in [-0.39, 0.29) is 0 Å². The second-order valence-corrected chi connectivity index (χ2v) is 11.3. The number of benzene rings is 1. The fourth-order valence-corrected chi connectivity index (χ4v) is 5.82. The van der Waals surface area contributed by atoms with Crippen molar-refractivity contribution in [2.45, 2.75) is 155 Å². The van der Waals surface area contributed by atoms with E-state index in [9.17, 15) is 0 Å². The molecule has 2 aromatic rings. The second-order valence-electron chi connectivity index (χ2n) is 11.3. The molecule has 0 amide bonds.